The molecular weight excluding hydrogens is 251 g/mol. The molecule has 0 spiro atoms. The Hall–Kier alpha value is -0.640. The molecule has 2 aliphatic rings. The lowest BCUT2D eigenvalue weighted by Crippen LogP contribution is -2.32. The van der Waals surface area contributed by atoms with E-state index in [2.05, 4.69) is 10.2 Å². The van der Waals surface area contributed by atoms with Crippen LogP contribution in [0.4, 0.5) is 4.39 Å². The van der Waals surface area contributed by atoms with Crippen molar-refractivity contribution in [1.82, 2.24) is 10.2 Å². The van der Waals surface area contributed by atoms with E-state index in [0.29, 0.717) is 6.04 Å². The van der Waals surface area contributed by atoms with Gasteiger partial charge in [0.2, 0.25) is 0 Å². The van der Waals surface area contributed by atoms with E-state index in [1.807, 2.05) is 6.07 Å². The van der Waals surface area contributed by atoms with Crippen molar-refractivity contribution in [2.24, 2.45) is 0 Å². The summed E-state index contributed by atoms with van der Waals surface area (Å²) < 4.78 is 13.3. The number of benzene rings is 1. The Bertz CT molecular complexity index is 434. The van der Waals surface area contributed by atoms with Crippen molar-refractivity contribution in [3.05, 3.63) is 34.6 Å². The van der Waals surface area contributed by atoms with Gasteiger partial charge >= 0.3 is 0 Å². The summed E-state index contributed by atoms with van der Waals surface area (Å²) in [7, 11) is 0. The summed E-state index contributed by atoms with van der Waals surface area (Å²) in [5, 5.41) is 3.70. The van der Waals surface area contributed by atoms with Gasteiger partial charge in [0, 0.05) is 31.7 Å². The summed E-state index contributed by atoms with van der Waals surface area (Å²) in [6, 6.07) is 6.42. The third-order valence-electron chi connectivity index (χ3n) is 3.86. The molecule has 1 saturated carbocycles. The minimum absolute atomic E-state index is 0.194. The Morgan fingerprint density at radius 2 is 2.17 bits per heavy atom. The van der Waals surface area contributed by atoms with Crippen LogP contribution in [0, 0.1) is 5.82 Å². The van der Waals surface area contributed by atoms with Crippen LogP contribution in [0.15, 0.2) is 18.2 Å². The van der Waals surface area contributed by atoms with Gasteiger partial charge < -0.3 is 5.32 Å². The maximum Gasteiger partial charge on any atom is 0.142 e. The molecule has 18 heavy (non-hydrogen) atoms. The summed E-state index contributed by atoms with van der Waals surface area (Å²) in [4.78, 5) is 2.57. The van der Waals surface area contributed by atoms with Crippen molar-refractivity contribution in [2.45, 2.75) is 37.9 Å². The number of nitrogens with zero attached hydrogens (tertiary/aromatic N) is 1. The van der Waals surface area contributed by atoms with Gasteiger partial charge in [-0.3, -0.25) is 4.90 Å². The molecule has 1 aromatic rings. The number of halogens is 2. The molecule has 1 saturated heterocycles. The molecule has 1 aromatic carbocycles. The number of hydrogen-bond acceptors (Lipinski definition) is 2. The van der Waals surface area contributed by atoms with E-state index < -0.39 is 0 Å². The van der Waals surface area contributed by atoms with E-state index >= 15 is 0 Å². The standard InChI is InChI=1S/C14H18ClFN2/c15-13-4-1-10(7-14(13)16)8-17-11-5-6-18(9-11)12-2-3-12/h1,4,7,11-12,17H,2-3,5-6,8-9H2. The lowest BCUT2D eigenvalue weighted by Gasteiger charge is -2.15. The molecule has 2 nitrogen and oxygen atoms in total. The van der Waals surface area contributed by atoms with Crippen LogP contribution in [0.25, 0.3) is 0 Å². The lowest BCUT2D eigenvalue weighted by atomic mass is 10.2. The van der Waals surface area contributed by atoms with Gasteiger partial charge in [0.1, 0.15) is 5.82 Å². The largest absolute Gasteiger partial charge is 0.309 e. The molecule has 0 bridgehead atoms. The molecular formula is C14H18ClFN2. The third kappa shape index (κ3) is 2.85. The maximum atomic E-state index is 13.3. The van der Waals surface area contributed by atoms with Gasteiger partial charge in [0.15, 0.2) is 0 Å². The fraction of sp³-hybridized carbons (Fsp3) is 0.571. The second-order valence-electron chi connectivity index (χ2n) is 5.34. The average Bonchev–Trinajstić information content (AvgIpc) is 3.11. The molecule has 0 amide bonds. The summed E-state index contributed by atoms with van der Waals surface area (Å²) in [6.07, 6.45) is 3.94. The Kier molecular flexibility index (Phi) is 3.55. The van der Waals surface area contributed by atoms with Crippen LogP contribution in [-0.2, 0) is 6.54 Å². The summed E-state index contributed by atoms with van der Waals surface area (Å²) in [5.41, 5.74) is 0.960. The zero-order valence-corrected chi connectivity index (χ0v) is 11.1. The predicted octanol–water partition coefficient (Wildman–Crippen LogP) is 2.81. The zero-order valence-electron chi connectivity index (χ0n) is 10.3. The van der Waals surface area contributed by atoms with Crippen LogP contribution in [0.1, 0.15) is 24.8 Å². The first kappa shape index (κ1) is 12.4. The first-order valence-corrected chi connectivity index (χ1v) is 7.01. The van der Waals surface area contributed by atoms with E-state index in [4.69, 9.17) is 11.6 Å². The number of rotatable bonds is 4. The van der Waals surface area contributed by atoms with Gasteiger partial charge in [0.05, 0.1) is 5.02 Å². The van der Waals surface area contributed by atoms with E-state index in [1.165, 1.54) is 31.9 Å². The molecule has 1 heterocycles. The fourth-order valence-corrected chi connectivity index (χ4v) is 2.75. The normalized spacial score (nSPS) is 24.7. The van der Waals surface area contributed by atoms with Crippen molar-refractivity contribution in [3.8, 4) is 0 Å². The first-order valence-electron chi connectivity index (χ1n) is 6.64. The maximum absolute atomic E-state index is 13.3. The van der Waals surface area contributed by atoms with Crippen LogP contribution in [0.5, 0.6) is 0 Å². The average molecular weight is 269 g/mol. The quantitative estimate of drug-likeness (QED) is 0.903. The highest BCUT2D eigenvalue weighted by atomic mass is 35.5. The molecule has 4 heteroatoms. The molecule has 0 aromatic heterocycles. The third-order valence-corrected chi connectivity index (χ3v) is 4.17. The van der Waals surface area contributed by atoms with Gasteiger partial charge in [-0.25, -0.2) is 4.39 Å². The summed E-state index contributed by atoms with van der Waals surface area (Å²) in [5.74, 6) is -0.331. The van der Waals surface area contributed by atoms with Gasteiger partial charge in [-0.1, -0.05) is 17.7 Å². The highest BCUT2D eigenvalue weighted by molar-refractivity contribution is 6.30. The SMILES string of the molecule is Fc1cc(CNC2CCN(C3CC3)C2)ccc1Cl. The van der Waals surface area contributed by atoms with E-state index in [9.17, 15) is 4.39 Å². The molecule has 3 rings (SSSR count). The van der Waals surface area contributed by atoms with Crippen LogP contribution in [0.3, 0.4) is 0 Å². The Labute approximate surface area is 112 Å². The lowest BCUT2D eigenvalue weighted by molar-refractivity contribution is 0.317. The van der Waals surface area contributed by atoms with E-state index in [-0.39, 0.29) is 10.8 Å². The molecule has 1 aliphatic carbocycles. The van der Waals surface area contributed by atoms with Crippen molar-refractivity contribution >= 4 is 11.6 Å². The fourth-order valence-electron chi connectivity index (χ4n) is 2.64. The molecule has 1 atom stereocenters. The smallest absolute Gasteiger partial charge is 0.142 e. The van der Waals surface area contributed by atoms with Crippen LogP contribution in [-0.4, -0.2) is 30.1 Å². The van der Waals surface area contributed by atoms with Crippen LogP contribution >= 0.6 is 11.6 Å². The topological polar surface area (TPSA) is 15.3 Å². The zero-order chi connectivity index (χ0) is 12.5. The molecule has 1 aliphatic heterocycles. The van der Waals surface area contributed by atoms with Crippen LogP contribution in [0.2, 0.25) is 5.02 Å². The van der Waals surface area contributed by atoms with E-state index in [0.717, 1.165) is 24.7 Å². The number of nitrogens with one attached hydrogen (secondary N) is 1. The second kappa shape index (κ2) is 5.16. The second-order valence-corrected chi connectivity index (χ2v) is 5.75. The highest BCUT2D eigenvalue weighted by Crippen LogP contribution is 2.29. The molecule has 98 valence electrons. The van der Waals surface area contributed by atoms with Gasteiger partial charge in [0.25, 0.3) is 0 Å². The Morgan fingerprint density at radius 3 is 2.89 bits per heavy atom. The number of hydrogen-bond donors (Lipinski definition) is 1. The number of likely N-dealkylation sites (tertiary alicyclic amines) is 1. The monoisotopic (exact) mass is 268 g/mol. The minimum atomic E-state index is -0.331. The van der Waals surface area contributed by atoms with Crippen LogP contribution < -0.4 is 5.32 Å². The molecule has 1 N–H and O–H groups in total. The first-order chi connectivity index (χ1) is 8.72. The Balaban J connectivity index is 1.50. The van der Waals surface area contributed by atoms with Gasteiger partial charge in [-0.15, -0.1) is 0 Å². The van der Waals surface area contributed by atoms with Crippen molar-refractivity contribution in [1.29, 1.82) is 0 Å². The van der Waals surface area contributed by atoms with E-state index in [1.54, 1.807) is 6.07 Å². The molecule has 1 unspecified atom stereocenters. The highest BCUT2D eigenvalue weighted by Gasteiger charge is 2.33. The summed E-state index contributed by atoms with van der Waals surface area (Å²) in [6.45, 7) is 3.06. The molecule has 2 fully saturated rings. The van der Waals surface area contributed by atoms with Crippen molar-refractivity contribution < 1.29 is 4.39 Å². The van der Waals surface area contributed by atoms with Gasteiger partial charge in [-0.05, 0) is 37.0 Å². The summed E-state index contributed by atoms with van der Waals surface area (Å²) >= 11 is 5.67. The Morgan fingerprint density at radius 1 is 1.33 bits per heavy atom. The van der Waals surface area contributed by atoms with Crippen molar-refractivity contribution in [3.63, 3.8) is 0 Å². The van der Waals surface area contributed by atoms with Crippen molar-refractivity contribution in [2.75, 3.05) is 13.1 Å². The minimum Gasteiger partial charge on any atom is -0.309 e. The molecule has 0 radical (unpaired) electrons. The predicted molar refractivity (Wildman–Crippen MR) is 71.2 cm³/mol. The van der Waals surface area contributed by atoms with Gasteiger partial charge in [-0.2, -0.15) is 0 Å².